The van der Waals surface area contributed by atoms with Gasteiger partial charge < -0.3 is 4.74 Å². The van der Waals surface area contributed by atoms with Crippen molar-refractivity contribution in [1.29, 1.82) is 0 Å². The third-order valence-corrected chi connectivity index (χ3v) is 3.12. The topological polar surface area (TPSA) is 15.7 Å². The van der Waals surface area contributed by atoms with E-state index in [1.807, 2.05) is 0 Å². The minimum atomic E-state index is 0.831. The van der Waals surface area contributed by atoms with Gasteiger partial charge in [0.2, 0.25) is 0 Å². The van der Waals surface area contributed by atoms with E-state index in [1.54, 1.807) is 0 Å². The van der Waals surface area contributed by atoms with Gasteiger partial charge in [-0.2, -0.15) is 0 Å². The number of hydrogen-bond acceptors (Lipinski definition) is 3. The van der Waals surface area contributed by atoms with Gasteiger partial charge in [-0.25, -0.2) is 10.0 Å². The predicted octanol–water partition coefficient (Wildman–Crippen LogP) is 1.60. The largest absolute Gasteiger partial charge is 0.381 e. The van der Waals surface area contributed by atoms with E-state index in [1.165, 1.54) is 19.4 Å². The van der Waals surface area contributed by atoms with Gasteiger partial charge in [0.1, 0.15) is 0 Å². The molecule has 3 heteroatoms. The summed E-state index contributed by atoms with van der Waals surface area (Å²) in [6, 6.07) is 0. The van der Waals surface area contributed by atoms with Crippen LogP contribution in [0.25, 0.3) is 0 Å². The zero-order valence-electron chi connectivity index (χ0n) is 9.83. The number of nitrogens with zero attached hydrogens (tertiary/aromatic N) is 2. The average molecular weight is 200 g/mol. The summed E-state index contributed by atoms with van der Waals surface area (Å²) in [4.78, 5) is 0. The lowest BCUT2D eigenvalue weighted by atomic mass is 10.0. The van der Waals surface area contributed by atoms with Crippen molar-refractivity contribution in [3.05, 3.63) is 0 Å². The van der Waals surface area contributed by atoms with Gasteiger partial charge in [0.05, 0.1) is 0 Å². The molecule has 1 aliphatic heterocycles. The molecule has 0 amide bonds. The molecular formula is C11H24N2O. The minimum Gasteiger partial charge on any atom is -0.381 e. The summed E-state index contributed by atoms with van der Waals surface area (Å²) in [6.45, 7) is 9.75. The van der Waals surface area contributed by atoms with Crippen LogP contribution in [0, 0.1) is 5.92 Å². The van der Waals surface area contributed by atoms with Gasteiger partial charge in [0, 0.05) is 39.9 Å². The summed E-state index contributed by atoms with van der Waals surface area (Å²) in [5.41, 5.74) is 0. The van der Waals surface area contributed by atoms with Crippen molar-refractivity contribution in [2.75, 3.05) is 39.9 Å². The summed E-state index contributed by atoms with van der Waals surface area (Å²) in [5, 5.41) is 4.76. The third-order valence-electron chi connectivity index (χ3n) is 3.12. The van der Waals surface area contributed by atoms with E-state index in [4.69, 9.17) is 4.74 Å². The van der Waals surface area contributed by atoms with Gasteiger partial charge in [0.25, 0.3) is 0 Å². The van der Waals surface area contributed by atoms with Crippen LogP contribution in [0.5, 0.6) is 0 Å². The van der Waals surface area contributed by atoms with Crippen LogP contribution >= 0.6 is 0 Å². The predicted molar refractivity (Wildman–Crippen MR) is 59.1 cm³/mol. The fourth-order valence-electron chi connectivity index (χ4n) is 1.94. The SMILES string of the molecule is CCN(C)N(CC)CC1CCOCC1. The summed E-state index contributed by atoms with van der Waals surface area (Å²) < 4.78 is 5.37. The molecule has 0 unspecified atom stereocenters. The molecule has 3 nitrogen and oxygen atoms in total. The first kappa shape index (κ1) is 12.0. The summed E-state index contributed by atoms with van der Waals surface area (Å²) in [5.74, 6) is 0.831. The number of hydrazine groups is 1. The third kappa shape index (κ3) is 3.56. The van der Waals surface area contributed by atoms with Crippen LogP contribution in [0.15, 0.2) is 0 Å². The van der Waals surface area contributed by atoms with Crippen LogP contribution in [0.4, 0.5) is 0 Å². The molecule has 0 aliphatic carbocycles. The number of ether oxygens (including phenoxy) is 1. The van der Waals surface area contributed by atoms with Gasteiger partial charge in [-0.05, 0) is 18.8 Å². The molecule has 0 saturated carbocycles. The monoisotopic (exact) mass is 200 g/mol. The minimum absolute atomic E-state index is 0.831. The fraction of sp³-hybridized carbons (Fsp3) is 1.00. The molecule has 0 N–H and O–H groups in total. The maximum atomic E-state index is 5.37. The highest BCUT2D eigenvalue weighted by Crippen LogP contribution is 2.16. The van der Waals surface area contributed by atoms with E-state index in [2.05, 4.69) is 30.9 Å². The van der Waals surface area contributed by atoms with Gasteiger partial charge in [-0.1, -0.05) is 13.8 Å². The maximum Gasteiger partial charge on any atom is 0.0469 e. The molecular weight excluding hydrogens is 176 g/mol. The Bertz CT molecular complexity index is 146. The molecule has 0 bridgehead atoms. The number of rotatable bonds is 5. The van der Waals surface area contributed by atoms with E-state index in [9.17, 15) is 0 Å². The van der Waals surface area contributed by atoms with Crippen molar-refractivity contribution < 1.29 is 4.74 Å². The van der Waals surface area contributed by atoms with Gasteiger partial charge >= 0.3 is 0 Å². The summed E-state index contributed by atoms with van der Waals surface area (Å²) in [6.07, 6.45) is 2.46. The Morgan fingerprint density at radius 2 is 1.79 bits per heavy atom. The van der Waals surface area contributed by atoms with Crippen LogP contribution in [0.3, 0.4) is 0 Å². The Kier molecular flexibility index (Phi) is 5.45. The van der Waals surface area contributed by atoms with E-state index < -0.39 is 0 Å². The molecule has 1 heterocycles. The fourth-order valence-corrected chi connectivity index (χ4v) is 1.94. The Balaban J connectivity index is 2.30. The Hall–Kier alpha value is -0.120. The van der Waals surface area contributed by atoms with Crippen molar-refractivity contribution in [2.24, 2.45) is 5.92 Å². The maximum absolute atomic E-state index is 5.37. The Labute approximate surface area is 88.0 Å². The number of hydrogen-bond donors (Lipinski definition) is 0. The normalized spacial score (nSPS) is 19.5. The van der Waals surface area contributed by atoms with Crippen LogP contribution in [0.1, 0.15) is 26.7 Å². The Morgan fingerprint density at radius 3 is 2.29 bits per heavy atom. The van der Waals surface area contributed by atoms with Gasteiger partial charge in [-0.3, -0.25) is 0 Å². The molecule has 1 rings (SSSR count). The standard InChI is InChI=1S/C11H24N2O/c1-4-12(3)13(5-2)10-11-6-8-14-9-7-11/h11H,4-10H2,1-3H3. The van der Waals surface area contributed by atoms with Crippen molar-refractivity contribution in [1.82, 2.24) is 10.0 Å². The molecule has 1 saturated heterocycles. The lowest BCUT2D eigenvalue weighted by Crippen LogP contribution is -2.43. The molecule has 0 radical (unpaired) electrons. The van der Waals surface area contributed by atoms with E-state index in [0.29, 0.717) is 0 Å². The highest BCUT2D eigenvalue weighted by molar-refractivity contribution is 4.67. The summed E-state index contributed by atoms with van der Waals surface area (Å²) >= 11 is 0. The smallest absolute Gasteiger partial charge is 0.0469 e. The van der Waals surface area contributed by atoms with Crippen LogP contribution in [-0.2, 0) is 4.74 Å². The quantitative estimate of drug-likeness (QED) is 0.627. The first-order chi connectivity index (χ1) is 6.77. The van der Waals surface area contributed by atoms with Crippen LogP contribution in [0.2, 0.25) is 0 Å². The molecule has 1 aliphatic rings. The first-order valence-corrected chi connectivity index (χ1v) is 5.81. The second kappa shape index (κ2) is 6.38. The van der Waals surface area contributed by atoms with Gasteiger partial charge in [0.15, 0.2) is 0 Å². The molecule has 0 aromatic rings. The second-order valence-electron chi connectivity index (χ2n) is 4.03. The van der Waals surface area contributed by atoms with Crippen molar-refractivity contribution in [3.8, 4) is 0 Å². The van der Waals surface area contributed by atoms with E-state index >= 15 is 0 Å². The van der Waals surface area contributed by atoms with Crippen molar-refractivity contribution in [3.63, 3.8) is 0 Å². The molecule has 0 atom stereocenters. The molecule has 0 aromatic carbocycles. The van der Waals surface area contributed by atoms with Crippen LogP contribution in [-0.4, -0.2) is 49.9 Å². The average Bonchev–Trinajstić information content (AvgIpc) is 2.26. The molecule has 0 spiro atoms. The lowest BCUT2D eigenvalue weighted by molar-refractivity contribution is -0.0258. The van der Waals surface area contributed by atoms with Gasteiger partial charge in [-0.15, -0.1) is 0 Å². The zero-order valence-corrected chi connectivity index (χ0v) is 9.83. The Morgan fingerprint density at radius 1 is 1.14 bits per heavy atom. The van der Waals surface area contributed by atoms with Crippen molar-refractivity contribution in [2.45, 2.75) is 26.7 Å². The molecule has 84 valence electrons. The summed E-state index contributed by atoms with van der Waals surface area (Å²) in [7, 11) is 2.17. The lowest BCUT2D eigenvalue weighted by Gasteiger charge is -2.34. The second-order valence-corrected chi connectivity index (χ2v) is 4.03. The first-order valence-electron chi connectivity index (χ1n) is 5.81. The molecule has 0 aromatic heterocycles. The highest BCUT2D eigenvalue weighted by atomic mass is 16.5. The van der Waals surface area contributed by atoms with E-state index in [-0.39, 0.29) is 0 Å². The van der Waals surface area contributed by atoms with E-state index in [0.717, 1.165) is 32.2 Å². The molecule has 1 fully saturated rings. The zero-order chi connectivity index (χ0) is 10.4. The van der Waals surface area contributed by atoms with Crippen molar-refractivity contribution >= 4 is 0 Å². The van der Waals surface area contributed by atoms with Crippen LogP contribution < -0.4 is 0 Å². The molecule has 14 heavy (non-hydrogen) atoms. The highest BCUT2D eigenvalue weighted by Gasteiger charge is 2.18.